The Balaban J connectivity index is 1.29. The van der Waals surface area contributed by atoms with Gasteiger partial charge in [-0.15, -0.1) is 11.3 Å². The van der Waals surface area contributed by atoms with Crippen LogP contribution in [0.4, 0.5) is 11.4 Å². The molecular weight excluding hydrogens is 448 g/mol. The zero-order chi connectivity index (χ0) is 23.9. The van der Waals surface area contributed by atoms with Crippen LogP contribution in [0.2, 0.25) is 0 Å². The number of aryl methyl sites for hydroxylation is 1. The Kier molecular flexibility index (Phi) is 7.92. The van der Waals surface area contributed by atoms with Gasteiger partial charge in [-0.3, -0.25) is 9.59 Å². The van der Waals surface area contributed by atoms with Crippen molar-refractivity contribution >= 4 is 34.5 Å². The van der Waals surface area contributed by atoms with Gasteiger partial charge in [0.25, 0.3) is 0 Å². The number of carbonyl (C=O) groups is 2. The Morgan fingerprint density at radius 3 is 2.41 bits per heavy atom. The lowest BCUT2D eigenvalue weighted by Gasteiger charge is -2.29. The van der Waals surface area contributed by atoms with Gasteiger partial charge < -0.3 is 19.9 Å². The second-order valence-corrected chi connectivity index (χ2v) is 9.29. The van der Waals surface area contributed by atoms with E-state index in [2.05, 4.69) is 15.2 Å². The van der Waals surface area contributed by atoms with E-state index in [1.54, 1.807) is 16.2 Å². The number of nitrogens with zero attached hydrogens (tertiary/aromatic N) is 3. The number of likely N-dealkylation sites (N-methyl/N-ethyl adjacent to an activating group) is 1. The molecule has 0 atom stereocenters. The number of aromatic nitrogens is 1. The van der Waals surface area contributed by atoms with Crippen molar-refractivity contribution in [3.05, 3.63) is 64.5 Å². The summed E-state index contributed by atoms with van der Waals surface area (Å²) in [6, 6.07) is 15.7. The van der Waals surface area contributed by atoms with Crippen molar-refractivity contribution in [1.82, 2.24) is 9.88 Å². The highest BCUT2D eigenvalue weighted by atomic mass is 32.1. The summed E-state index contributed by atoms with van der Waals surface area (Å²) in [5, 5.41) is 5.96. The van der Waals surface area contributed by atoms with Gasteiger partial charge in [0.2, 0.25) is 11.8 Å². The van der Waals surface area contributed by atoms with Crippen molar-refractivity contribution in [2.24, 2.45) is 0 Å². The van der Waals surface area contributed by atoms with E-state index in [1.165, 1.54) is 0 Å². The third-order valence-electron chi connectivity index (χ3n) is 5.82. The fraction of sp³-hybridized carbons (Fsp3) is 0.346. The Morgan fingerprint density at radius 1 is 1.09 bits per heavy atom. The van der Waals surface area contributed by atoms with Crippen LogP contribution in [0.1, 0.15) is 17.5 Å². The van der Waals surface area contributed by atoms with Crippen LogP contribution in [0.15, 0.2) is 53.9 Å². The first-order valence-corrected chi connectivity index (χ1v) is 12.4. The second kappa shape index (κ2) is 11.3. The van der Waals surface area contributed by atoms with Gasteiger partial charge in [0, 0.05) is 42.0 Å². The Bertz CT molecular complexity index is 1110. The first kappa shape index (κ1) is 23.9. The molecule has 7 nitrogen and oxygen atoms in total. The van der Waals surface area contributed by atoms with Crippen molar-refractivity contribution in [3.63, 3.8) is 0 Å². The summed E-state index contributed by atoms with van der Waals surface area (Å²) in [5.74, 6) is -0.277. The monoisotopic (exact) mass is 478 g/mol. The molecule has 1 fully saturated rings. The number of benzene rings is 2. The summed E-state index contributed by atoms with van der Waals surface area (Å²) in [7, 11) is 0. The maximum absolute atomic E-state index is 12.8. The van der Waals surface area contributed by atoms with E-state index in [9.17, 15) is 9.59 Å². The van der Waals surface area contributed by atoms with Crippen LogP contribution in [0.5, 0.6) is 0 Å². The highest BCUT2D eigenvalue weighted by Gasteiger charge is 2.17. The standard InChI is InChI=1S/C26H30N4O3S/c1-3-29(26(32)16-20-4-6-21(7-5-20)24-18-34-19(2)27-24)17-25(31)28-22-8-10-23(11-9-22)30-12-14-33-15-13-30/h4-11,18H,3,12-17H2,1-2H3,(H,28,31). The fourth-order valence-corrected chi connectivity index (χ4v) is 4.53. The number of nitrogens with one attached hydrogen (secondary N) is 1. The van der Waals surface area contributed by atoms with E-state index in [0.717, 1.165) is 59.5 Å². The smallest absolute Gasteiger partial charge is 0.243 e. The maximum atomic E-state index is 12.8. The van der Waals surface area contributed by atoms with Crippen LogP contribution in [0.3, 0.4) is 0 Å². The Morgan fingerprint density at radius 2 is 1.79 bits per heavy atom. The minimum Gasteiger partial charge on any atom is -0.378 e. The molecular formula is C26H30N4O3S. The molecule has 0 saturated carbocycles. The van der Waals surface area contributed by atoms with E-state index >= 15 is 0 Å². The molecule has 0 spiro atoms. The molecule has 2 amide bonds. The Labute approximate surface area is 204 Å². The molecule has 2 heterocycles. The largest absolute Gasteiger partial charge is 0.378 e. The predicted octanol–water partition coefficient (Wildman–Crippen LogP) is 3.98. The maximum Gasteiger partial charge on any atom is 0.243 e. The van der Waals surface area contributed by atoms with E-state index in [0.29, 0.717) is 6.54 Å². The van der Waals surface area contributed by atoms with Crippen molar-refractivity contribution in [1.29, 1.82) is 0 Å². The number of thiazole rings is 1. The number of rotatable bonds is 8. The molecule has 3 aromatic rings. The second-order valence-electron chi connectivity index (χ2n) is 8.23. The van der Waals surface area contributed by atoms with Gasteiger partial charge >= 0.3 is 0 Å². The van der Waals surface area contributed by atoms with Gasteiger partial charge in [-0.25, -0.2) is 4.98 Å². The highest BCUT2D eigenvalue weighted by Crippen LogP contribution is 2.22. The van der Waals surface area contributed by atoms with Crippen LogP contribution in [0, 0.1) is 6.92 Å². The van der Waals surface area contributed by atoms with Gasteiger partial charge in [-0.05, 0) is 43.7 Å². The molecule has 34 heavy (non-hydrogen) atoms. The Hall–Kier alpha value is -3.23. The molecule has 1 aliphatic rings. The third kappa shape index (κ3) is 6.21. The van der Waals surface area contributed by atoms with Crippen LogP contribution in [-0.2, 0) is 20.7 Å². The quantitative estimate of drug-likeness (QED) is 0.530. The molecule has 8 heteroatoms. The van der Waals surface area contributed by atoms with E-state index in [-0.39, 0.29) is 24.8 Å². The molecule has 0 radical (unpaired) electrons. The summed E-state index contributed by atoms with van der Waals surface area (Å²) >= 11 is 1.62. The summed E-state index contributed by atoms with van der Waals surface area (Å²) in [6.45, 7) is 7.56. The van der Waals surface area contributed by atoms with E-state index in [4.69, 9.17) is 4.74 Å². The average molecular weight is 479 g/mol. The van der Waals surface area contributed by atoms with Crippen molar-refractivity contribution < 1.29 is 14.3 Å². The molecule has 0 bridgehead atoms. The molecule has 1 saturated heterocycles. The number of anilines is 2. The first-order chi connectivity index (χ1) is 16.5. The van der Waals surface area contributed by atoms with Crippen LogP contribution < -0.4 is 10.2 Å². The average Bonchev–Trinajstić information content (AvgIpc) is 3.30. The number of hydrogen-bond donors (Lipinski definition) is 1. The lowest BCUT2D eigenvalue weighted by atomic mass is 10.1. The minimum absolute atomic E-state index is 0.0245. The molecule has 2 aromatic carbocycles. The van der Waals surface area contributed by atoms with Crippen LogP contribution >= 0.6 is 11.3 Å². The summed E-state index contributed by atoms with van der Waals surface area (Å²) in [5.41, 5.74) is 4.73. The fourth-order valence-electron chi connectivity index (χ4n) is 3.90. The number of morpholine rings is 1. The van der Waals surface area contributed by atoms with Gasteiger partial charge in [0.05, 0.1) is 36.9 Å². The van der Waals surface area contributed by atoms with Gasteiger partial charge in [-0.1, -0.05) is 24.3 Å². The lowest BCUT2D eigenvalue weighted by molar-refractivity contribution is -0.133. The molecule has 1 aromatic heterocycles. The van der Waals surface area contributed by atoms with Gasteiger partial charge in [0.1, 0.15) is 0 Å². The third-order valence-corrected chi connectivity index (χ3v) is 6.59. The predicted molar refractivity (Wildman–Crippen MR) is 136 cm³/mol. The van der Waals surface area contributed by atoms with Crippen LogP contribution in [0.25, 0.3) is 11.3 Å². The molecule has 1 N–H and O–H groups in total. The molecule has 178 valence electrons. The highest BCUT2D eigenvalue weighted by molar-refractivity contribution is 7.09. The van der Waals surface area contributed by atoms with Gasteiger partial charge in [-0.2, -0.15) is 0 Å². The molecule has 0 unspecified atom stereocenters. The number of carbonyl (C=O) groups excluding carboxylic acids is 2. The van der Waals surface area contributed by atoms with Crippen LogP contribution in [-0.4, -0.2) is 61.1 Å². The summed E-state index contributed by atoms with van der Waals surface area (Å²) in [6.07, 6.45) is 0.256. The zero-order valence-electron chi connectivity index (χ0n) is 19.6. The number of ether oxygens (including phenoxy) is 1. The number of amides is 2. The van der Waals surface area contributed by atoms with Crippen molar-refractivity contribution in [2.45, 2.75) is 20.3 Å². The first-order valence-electron chi connectivity index (χ1n) is 11.5. The summed E-state index contributed by atoms with van der Waals surface area (Å²) < 4.78 is 5.39. The van der Waals surface area contributed by atoms with E-state index < -0.39 is 0 Å². The normalized spacial score (nSPS) is 13.5. The zero-order valence-corrected chi connectivity index (χ0v) is 20.4. The molecule has 0 aliphatic carbocycles. The van der Waals surface area contributed by atoms with Crippen molar-refractivity contribution in [3.8, 4) is 11.3 Å². The topological polar surface area (TPSA) is 74.8 Å². The number of hydrogen-bond acceptors (Lipinski definition) is 6. The summed E-state index contributed by atoms with van der Waals surface area (Å²) in [4.78, 5) is 33.8. The SMILES string of the molecule is CCN(CC(=O)Nc1ccc(N2CCOCC2)cc1)C(=O)Cc1ccc(-c2csc(C)n2)cc1. The van der Waals surface area contributed by atoms with Crippen molar-refractivity contribution in [2.75, 3.05) is 49.6 Å². The lowest BCUT2D eigenvalue weighted by Crippen LogP contribution is -2.38. The molecule has 4 rings (SSSR count). The van der Waals surface area contributed by atoms with Gasteiger partial charge in [0.15, 0.2) is 0 Å². The van der Waals surface area contributed by atoms with E-state index in [1.807, 2.05) is 67.8 Å². The molecule has 1 aliphatic heterocycles. The minimum atomic E-state index is -0.205.